The lowest BCUT2D eigenvalue weighted by molar-refractivity contribution is 0.104. The van der Waals surface area contributed by atoms with Gasteiger partial charge in [-0.05, 0) is 136 Å². The molecule has 0 aliphatic heterocycles. The third kappa shape index (κ3) is 6.90. The minimum absolute atomic E-state index is 0.0561. The molecule has 17 heteroatoms. The Morgan fingerprint density at radius 2 is 0.975 bits per heavy atom. The Balaban J connectivity index is 0.893. The van der Waals surface area contributed by atoms with Crippen molar-refractivity contribution in [2.45, 2.75) is 58.3 Å². The van der Waals surface area contributed by atoms with Crippen LogP contribution in [0.3, 0.4) is 0 Å². The molecule has 0 atom stereocenters. The summed E-state index contributed by atoms with van der Waals surface area (Å²) in [5.41, 5.74) is 14.4. The van der Waals surface area contributed by atoms with Gasteiger partial charge in [0.25, 0.3) is 0 Å². The first-order chi connectivity index (χ1) is 39.5. The molecule has 10 heterocycles. The maximum Gasteiger partial charge on any atom is 0.194 e. The number of hydrogen-bond acceptors (Lipinski definition) is 17. The lowest BCUT2D eigenvalue weighted by Gasteiger charge is -2.30. The Hall–Kier alpha value is -6.71. The van der Waals surface area contributed by atoms with E-state index in [9.17, 15) is 15.3 Å². The molecule has 0 bridgehead atoms. The SMILES string of the molecule is Cc1ccc(C2(c3ccc(C)s3)c3cc(-c4ccc(C)c5nsnc45)sc3-c3sc4c5c(sc4c32)-c2sc(-c3ccc(CC/C=C4\C(=O)c6ccccc6C4=C(C#N)C#N)c4nsnc34)cc2C5(c2ccc(C)s2)c2ccc(C)s2)s1. The molecular weight excluding hydrogens is 1190 g/mol. The molecule has 13 aromatic rings. The molecular formula is C64H38N6OS10. The number of fused-ring (bicyclic) bond motifs is 12. The first kappa shape index (κ1) is 50.1. The van der Waals surface area contributed by atoms with Crippen molar-refractivity contribution in [1.29, 1.82) is 10.5 Å². The molecule has 0 fully saturated rings. The van der Waals surface area contributed by atoms with Gasteiger partial charge in [0.05, 0.1) is 63.2 Å². The van der Waals surface area contributed by atoms with Crippen LogP contribution in [0.15, 0.2) is 126 Å². The van der Waals surface area contributed by atoms with Crippen molar-refractivity contribution in [2.75, 3.05) is 0 Å². The van der Waals surface area contributed by atoms with Crippen LogP contribution in [-0.4, -0.2) is 23.3 Å². The van der Waals surface area contributed by atoms with Gasteiger partial charge < -0.3 is 0 Å². The number of carbonyl (C=O) groups is 1. The van der Waals surface area contributed by atoms with E-state index in [1.807, 2.05) is 127 Å². The van der Waals surface area contributed by atoms with Crippen molar-refractivity contribution in [3.8, 4) is 52.5 Å². The number of rotatable bonds is 9. The monoisotopic (exact) mass is 1230 g/mol. The fraction of sp³-hybridized carbons (Fsp3) is 0.141. The summed E-state index contributed by atoms with van der Waals surface area (Å²) in [7, 11) is 0. The number of nitriles is 2. The Morgan fingerprint density at radius 3 is 1.47 bits per heavy atom. The Morgan fingerprint density at radius 1 is 0.506 bits per heavy atom. The summed E-state index contributed by atoms with van der Waals surface area (Å²) in [6.45, 7) is 11.1. The quantitative estimate of drug-likeness (QED) is 0.104. The molecule has 16 rings (SSSR count). The van der Waals surface area contributed by atoms with Gasteiger partial charge in [-0.1, -0.05) is 54.6 Å². The second kappa shape index (κ2) is 18.4. The van der Waals surface area contributed by atoms with Crippen LogP contribution < -0.4 is 0 Å². The van der Waals surface area contributed by atoms with E-state index in [-0.39, 0.29) is 11.4 Å². The average Bonchev–Trinajstić information content (AvgIpc) is 1.73. The Bertz CT molecular complexity index is 4950. The molecule has 0 saturated carbocycles. The van der Waals surface area contributed by atoms with Gasteiger partial charge in [0.15, 0.2) is 5.78 Å². The molecule has 0 saturated heterocycles. The lowest BCUT2D eigenvalue weighted by Crippen LogP contribution is -2.26. The van der Waals surface area contributed by atoms with E-state index < -0.39 is 10.8 Å². The molecule has 0 amide bonds. The van der Waals surface area contributed by atoms with E-state index in [0.29, 0.717) is 35.1 Å². The third-order valence-corrected chi connectivity index (χ3v) is 27.0. The van der Waals surface area contributed by atoms with Crippen LogP contribution in [0, 0.1) is 57.3 Å². The molecule has 3 aromatic carbocycles. The number of allylic oxidation sites excluding steroid dienone is 4. The van der Waals surface area contributed by atoms with Gasteiger partial charge in [0.1, 0.15) is 39.8 Å². The van der Waals surface area contributed by atoms with Gasteiger partial charge in [-0.3, -0.25) is 4.79 Å². The van der Waals surface area contributed by atoms with Crippen LogP contribution in [0.1, 0.15) is 94.7 Å². The number of aryl methyl sites for hydroxylation is 6. The van der Waals surface area contributed by atoms with Crippen molar-refractivity contribution in [2.24, 2.45) is 0 Å². The van der Waals surface area contributed by atoms with Gasteiger partial charge in [-0.2, -0.15) is 28.0 Å². The molecule has 0 N–H and O–H groups in total. The summed E-state index contributed by atoms with van der Waals surface area (Å²) in [5, 5.41) is 19.9. The fourth-order valence-corrected chi connectivity index (χ4v) is 24.3. The van der Waals surface area contributed by atoms with E-state index in [1.54, 1.807) is 6.07 Å². The zero-order valence-electron chi connectivity index (χ0n) is 43.6. The normalized spacial score (nSPS) is 15.0. The number of hydrogen-bond donors (Lipinski definition) is 0. The zero-order chi connectivity index (χ0) is 54.8. The van der Waals surface area contributed by atoms with E-state index in [1.165, 1.54) is 119 Å². The molecule has 10 aromatic heterocycles. The molecule has 7 nitrogen and oxygen atoms in total. The highest BCUT2D eigenvalue weighted by molar-refractivity contribution is 7.35. The molecule has 390 valence electrons. The van der Waals surface area contributed by atoms with Crippen LogP contribution >= 0.6 is 114 Å². The van der Waals surface area contributed by atoms with Crippen molar-refractivity contribution >= 4 is 157 Å². The molecule has 81 heavy (non-hydrogen) atoms. The number of ketones is 1. The smallest absolute Gasteiger partial charge is 0.194 e. The second-order valence-electron chi connectivity index (χ2n) is 20.7. The van der Waals surface area contributed by atoms with E-state index in [2.05, 4.69) is 120 Å². The van der Waals surface area contributed by atoms with Crippen LogP contribution in [-0.2, 0) is 17.3 Å². The standard InChI is InChI=1S/C64H38N6OS10/c1-29-13-19-38(54-52(29)67-80-69-54)43-25-41-57(76-43)59-50(63(41,45-21-14-30(2)72-45)46-22-15-31(3)73-46)61-62(78-59)51-60(79-61)58-42(64(51,47-23-16-32(4)74-47)48-24-17-33(5)75-48)26-44(77-58)39-20-18-34(53-55(39)70-81-68-53)9-8-12-40-49(35(27-65)28-66)36-10-6-7-11-37(36)56(40)71/h6-7,10-26H,8-9H2,1-5H3/b40-12-. The van der Waals surface area contributed by atoms with Gasteiger partial charge in [0, 0.05) is 87.7 Å². The Kier molecular flexibility index (Phi) is 11.4. The number of benzene rings is 3. The van der Waals surface area contributed by atoms with E-state index in [0.717, 1.165) is 49.2 Å². The minimum atomic E-state index is -0.571. The topological polar surface area (TPSA) is 116 Å². The molecule has 3 aliphatic carbocycles. The highest BCUT2D eigenvalue weighted by Gasteiger charge is 2.57. The first-order valence-corrected chi connectivity index (χ1v) is 34.0. The molecule has 3 aliphatic rings. The van der Waals surface area contributed by atoms with E-state index in [4.69, 9.17) is 17.5 Å². The number of carbonyl (C=O) groups excluding carboxylic acids is 1. The fourth-order valence-electron chi connectivity index (χ4n) is 12.7. The maximum atomic E-state index is 13.7. The number of thiophene rings is 8. The van der Waals surface area contributed by atoms with Gasteiger partial charge in [0.2, 0.25) is 0 Å². The summed E-state index contributed by atoms with van der Waals surface area (Å²) in [6.07, 6.45) is 3.00. The minimum Gasteiger partial charge on any atom is -0.289 e. The summed E-state index contributed by atoms with van der Waals surface area (Å²) in [6, 6.07) is 44.0. The number of Topliss-reactive ketones (excluding diaryl/α,β-unsaturated/α-hetero) is 1. The molecule has 0 unspecified atom stereocenters. The zero-order valence-corrected chi connectivity index (χ0v) is 51.7. The molecule has 0 spiro atoms. The van der Waals surface area contributed by atoms with Crippen molar-refractivity contribution in [1.82, 2.24) is 17.5 Å². The van der Waals surface area contributed by atoms with Crippen LogP contribution in [0.2, 0.25) is 0 Å². The van der Waals surface area contributed by atoms with Crippen LogP contribution in [0.4, 0.5) is 0 Å². The highest BCUT2D eigenvalue weighted by Crippen LogP contribution is 2.72. The van der Waals surface area contributed by atoms with Crippen molar-refractivity contribution < 1.29 is 4.79 Å². The lowest BCUT2D eigenvalue weighted by atomic mass is 9.74. The van der Waals surface area contributed by atoms with Crippen molar-refractivity contribution in [3.63, 3.8) is 0 Å². The third-order valence-electron chi connectivity index (χ3n) is 16.2. The first-order valence-electron chi connectivity index (χ1n) is 26.0. The van der Waals surface area contributed by atoms with Crippen molar-refractivity contribution in [3.05, 3.63) is 210 Å². The largest absolute Gasteiger partial charge is 0.289 e. The summed E-state index contributed by atoms with van der Waals surface area (Å²) in [4.78, 5) is 32.0. The number of aromatic nitrogens is 4. The highest BCUT2D eigenvalue weighted by atomic mass is 32.1. The van der Waals surface area contributed by atoms with Gasteiger partial charge >= 0.3 is 0 Å². The average molecular weight is 1230 g/mol. The maximum absolute atomic E-state index is 13.7. The van der Waals surface area contributed by atoms with Gasteiger partial charge in [-0.25, -0.2) is 0 Å². The van der Waals surface area contributed by atoms with E-state index >= 15 is 0 Å². The molecule has 0 radical (unpaired) electrons. The second-order valence-corrected chi connectivity index (χ2v) is 31.1. The predicted octanol–water partition coefficient (Wildman–Crippen LogP) is 19.5. The van der Waals surface area contributed by atoms with Crippen LogP contribution in [0.5, 0.6) is 0 Å². The predicted molar refractivity (Wildman–Crippen MR) is 343 cm³/mol. The van der Waals surface area contributed by atoms with Gasteiger partial charge in [-0.15, -0.1) is 90.7 Å². The number of nitrogens with zero attached hydrogens (tertiary/aromatic N) is 6. The summed E-state index contributed by atoms with van der Waals surface area (Å²) < 4.78 is 22.4. The summed E-state index contributed by atoms with van der Waals surface area (Å²) >= 11 is 18.0. The van der Waals surface area contributed by atoms with Crippen LogP contribution in [0.25, 0.3) is 77.4 Å². The summed E-state index contributed by atoms with van der Waals surface area (Å²) in [5.74, 6) is -0.163. The Labute approximate surface area is 505 Å².